The minimum atomic E-state index is -4.15. The molecule has 178 valence electrons. The molecule has 0 atom stereocenters. The third kappa shape index (κ3) is 11.5. The maximum Gasteiger partial charge on any atom is 0.302 e. The zero-order valence-electron chi connectivity index (χ0n) is 19.2. The summed E-state index contributed by atoms with van der Waals surface area (Å²) in [4.78, 5) is 12.6. The van der Waals surface area contributed by atoms with Gasteiger partial charge in [0.2, 0.25) is 0 Å². The molecule has 0 amide bonds. The van der Waals surface area contributed by atoms with Crippen LogP contribution in [0, 0.1) is 13.8 Å². The molecule has 8 nitrogen and oxygen atoms in total. The van der Waals surface area contributed by atoms with E-state index in [4.69, 9.17) is 18.8 Å². The number of carbonyl (C=O) groups is 1. The second-order valence-corrected chi connectivity index (χ2v) is 8.99. The van der Waals surface area contributed by atoms with Crippen molar-refractivity contribution >= 4 is 16.1 Å². The van der Waals surface area contributed by atoms with Crippen molar-refractivity contribution in [2.24, 2.45) is 0 Å². The SMILES string of the molecule is CC(=O)OCCN1CCOCC1.CCCCCCOc1c(C)cc(S(=O)(=O)O)cc1C. The van der Waals surface area contributed by atoms with Gasteiger partial charge in [-0.15, -0.1) is 0 Å². The number of morpholine rings is 1. The maximum atomic E-state index is 11.1. The molecule has 1 aliphatic rings. The lowest BCUT2D eigenvalue weighted by Gasteiger charge is -2.25. The lowest BCUT2D eigenvalue weighted by atomic mass is 10.1. The second-order valence-electron chi connectivity index (χ2n) is 7.56. The van der Waals surface area contributed by atoms with Gasteiger partial charge in [0, 0.05) is 26.6 Å². The Hall–Kier alpha value is -1.68. The van der Waals surface area contributed by atoms with E-state index in [0.29, 0.717) is 19.0 Å². The fraction of sp³-hybridized carbons (Fsp3) is 0.682. The van der Waals surface area contributed by atoms with E-state index in [9.17, 15) is 13.2 Å². The smallest absolute Gasteiger partial charge is 0.302 e. The third-order valence-electron chi connectivity index (χ3n) is 4.79. The lowest BCUT2D eigenvalue weighted by Crippen LogP contribution is -2.38. The average molecular weight is 460 g/mol. The predicted molar refractivity (Wildman–Crippen MR) is 119 cm³/mol. The normalized spacial score (nSPS) is 14.5. The van der Waals surface area contributed by atoms with Crippen molar-refractivity contribution in [3.05, 3.63) is 23.3 Å². The minimum Gasteiger partial charge on any atom is -0.493 e. The Morgan fingerprint density at radius 2 is 1.71 bits per heavy atom. The molecule has 0 unspecified atom stereocenters. The topological polar surface area (TPSA) is 102 Å². The number of nitrogens with zero attached hydrogens (tertiary/aromatic N) is 1. The molecule has 0 aliphatic carbocycles. The molecule has 1 saturated heterocycles. The van der Waals surface area contributed by atoms with E-state index < -0.39 is 10.1 Å². The van der Waals surface area contributed by atoms with Gasteiger partial charge in [-0.2, -0.15) is 8.42 Å². The first-order chi connectivity index (χ1) is 14.6. The van der Waals surface area contributed by atoms with Crippen LogP contribution in [0.3, 0.4) is 0 Å². The number of hydrogen-bond acceptors (Lipinski definition) is 7. The van der Waals surface area contributed by atoms with Crippen LogP contribution in [0.2, 0.25) is 0 Å². The van der Waals surface area contributed by atoms with Crippen LogP contribution in [-0.4, -0.2) is 69.9 Å². The van der Waals surface area contributed by atoms with E-state index in [1.54, 1.807) is 13.8 Å². The molecule has 0 aromatic heterocycles. The minimum absolute atomic E-state index is 0.0826. The highest BCUT2D eigenvalue weighted by atomic mass is 32.2. The molecule has 1 heterocycles. The summed E-state index contributed by atoms with van der Waals surface area (Å²) in [6.07, 6.45) is 4.51. The van der Waals surface area contributed by atoms with Crippen molar-refractivity contribution in [1.82, 2.24) is 4.90 Å². The standard InChI is InChI=1S/C14H22O4S.C8H15NO3/c1-4-5-6-7-8-18-14-11(2)9-13(10-12(14)3)19(15,16)17;1-8(10)12-7-4-9-2-5-11-6-3-9/h9-10H,4-8H2,1-3H3,(H,15,16,17);2-7H2,1H3. The van der Waals surface area contributed by atoms with Crippen LogP contribution in [0.1, 0.15) is 50.7 Å². The highest BCUT2D eigenvalue weighted by molar-refractivity contribution is 7.85. The van der Waals surface area contributed by atoms with E-state index in [-0.39, 0.29) is 10.9 Å². The summed E-state index contributed by atoms with van der Waals surface area (Å²) < 4.78 is 46.9. The van der Waals surface area contributed by atoms with Gasteiger partial charge >= 0.3 is 5.97 Å². The molecule has 1 fully saturated rings. The van der Waals surface area contributed by atoms with E-state index >= 15 is 0 Å². The van der Waals surface area contributed by atoms with E-state index in [1.807, 2.05) is 0 Å². The first kappa shape index (κ1) is 27.4. The number of esters is 1. The van der Waals surface area contributed by atoms with Gasteiger partial charge in [0.1, 0.15) is 12.4 Å². The molecule has 1 N–H and O–H groups in total. The number of aryl methyl sites for hydroxylation is 2. The van der Waals surface area contributed by atoms with Crippen molar-refractivity contribution in [2.75, 3.05) is 46.1 Å². The number of benzene rings is 1. The van der Waals surface area contributed by atoms with Crippen LogP contribution in [0.5, 0.6) is 5.75 Å². The Balaban J connectivity index is 0.000000343. The van der Waals surface area contributed by atoms with Crippen molar-refractivity contribution < 1.29 is 32.0 Å². The zero-order valence-corrected chi connectivity index (χ0v) is 20.0. The molecular weight excluding hydrogens is 422 g/mol. The fourth-order valence-corrected chi connectivity index (χ4v) is 3.78. The largest absolute Gasteiger partial charge is 0.493 e. The van der Waals surface area contributed by atoms with Gasteiger partial charge in [-0.25, -0.2) is 0 Å². The van der Waals surface area contributed by atoms with E-state index in [1.165, 1.54) is 31.9 Å². The van der Waals surface area contributed by atoms with Crippen LogP contribution < -0.4 is 4.74 Å². The summed E-state index contributed by atoms with van der Waals surface area (Å²) in [6, 6.07) is 2.87. The Bertz CT molecular complexity index is 751. The van der Waals surface area contributed by atoms with Crippen LogP contribution in [0.25, 0.3) is 0 Å². The highest BCUT2D eigenvalue weighted by Gasteiger charge is 2.14. The number of rotatable bonds is 10. The molecule has 0 saturated carbocycles. The monoisotopic (exact) mass is 459 g/mol. The van der Waals surface area contributed by atoms with Crippen molar-refractivity contribution in [2.45, 2.75) is 58.3 Å². The van der Waals surface area contributed by atoms with Gasteiger partial charge in [0.25, 0.3) is 10.1 Å². The lowest BCUT2D eigenvalue weighted by molar-refractivity contribution is -0.141. The van der Waals surface area contributed by atoms with Gasteiger partial charge in [-0.05, 0) is 43.5 Å². The number of ether oxygens (including phenoxy) is 3. The first-order valence-electron chi connectivity index (χ1n) is 10.8. The number of hydrogen-bond donors (Lipinski definition) is 1. The Labute approximate surface area is 186 Å². The zero-order chi connectivity index (χ0) is 23.3. The molecular formula is C22H37NO7S. The predicted octanol–water partition coefficient (Wildman–Crippen LogP) is 3.39. The quantitative estimate of drug-likeness (QED) is 0.323. The molecule has 1 aliphatic heterocycles. The summed E-state index contributed by atoms with van der Waals surface area (Å²) >= 11 is 0. The maximum absolute atomic E-state index is 11.1. The van der Waals surface area contributed by atoms with Gasteiger partial charge in [-0.1, -0.05) is 26.2 Å². The Kier molecular flexibility index (Phi) is 12.7. The average Bonchev–Trinajstić information content (AvgIpc) is 2.70. The first-order valence-corrected chi connectivity index (χ1v) is 12.2. The van der Waals surface area contributed by atoms with Crippen LogP contribution in [0.4, 0.5) is 0 Å². The van der Waals surface area contributed by atoms with Crippen LogP contribution in [-0.2, 0) is 24.4 Å². The summed E-state index contributed by atoms with van der Waals surface area (Å²) in [6.45, 7) is 12.6. The Morgan fingerprint density at radius 1 is 1.10 bits per heavy atom. The van der Waals surface area contributed by atoms with Gasteiger partial charge in [0.05, 0.1) is 24.7 Å². The van der Waals surface area contributed by atoms with Crippen LogP contribution >= 0.6 is 0 Å². The molecule has 0 radical (unpaired) electrons. The number of unbranched alkanes of at least 4 members (excludes halogenated alkanes) is 3. The van der Waals surface area contributed by atoms with Crippen molar-refractivity contribution in [3.63, 3.8) is 0 Å². The summed E-state index contributed by atoms with van der Waals surface area (Å²) in [5.41, 5.74) is 1.45. The van der Waals surface area contributed by atoms with E-state index in [0.717, 1.165) is 56.8 Å². The molecule has 31 heavy (non-hydrogen) atoms. The molecule has 0 bridgehead atoms. The Morgan fingerprint density at radius 3 is 2.23 bits per heavy atom. The third-order valence-corrected chi connectivity index (χ3v) is 5.62. The summed E-state index contributed by atoms with van der Waals surface area (Å²) in [5.74, 6) is 0.507. The second kappa shape index (κ2) is 14.4. The highest BCUT2D eigenvalue weighted by Crippen LogP contribution is 2.27. The summed E-state index contributed by atoms with van der Waals surface area (Å²) in [7, 11) is -4.15. The molecule has 1 aromatic carbocycles. The molecule has 2 rings (SSSR count). The van der Waals surface area contributed by atoms with Gasteiger partial charge in [0.15, 0.2) is 0 Å². The van der Waals surface area contributed by atoms with Crippen molar-refractivity contribution in [1.29, 1.82) is 0 Å². The molecule has 9 heteroatoms. The van der Waals surface area contributed by atoms with Gasteiger partial charge in [-0.3, -0.25) is 14.2 Å². The number of carbonyl (C=O) groups excluding carboxylic acids is 1. The fourth-order valence-electron chi connectivity index (χ4n) is 3.13. The molecule has 1 aromatic rings. The molecule has 0 spiro atoms. The van der Waals surface area contributed by atoms with Gasteiger partial charge < -0.3 is 14.2 Å². The summed E-state index contributed by atoms with van der Waals surface area (Å²) in [5, 5.41) is 0. The van der Waals surface area contributed by atoms with Crippen LogP contribution in [0.15, 0.2) is 17.0 Å². The van der Waals surface area contributed by atoms with E-state index in [2.05, 4.69) is 11.8 Å². The van der Waals surface area contributed by atoms with Crippen molar-refractivity contribution in [3.8, 4) is 5.75 Å².